The average Bonchev–Trinajstić information content (AvgIpc) is 2.54. The molecule has 0 aromatic carbocycles. The molecule has 0 fully saturated rings. The molecular weight excluding hydrogens is 490 g/mol. The molecule has 11 heteroatoms. The van der Waals surface area contributed by atoms with E-state index in [0.29, 0.717) is 18.1 Å². The molecule has 3 N–H and O–H groups in total. The van der Waals surface area contributed by atoms with E-state index in [9.17, 15) is 18.0 Å². The fourth-order valence-corrected chi connectivity index (χ4v) is 1.92. The molecule has 1 aromatic rings. The maximum absolute atomic E-state index is 12.2. The van der Waals surface area contributed by atoms with Crippen molar-refractivity contribution < 1.29 is 22.7 Å². The van der Waals surface area contributed by atoms with Gasteiger partial charge in [0, 0.05) is 24.3 Å². The van der Waals surface area contributed by atoms with Crippen molar-refractivity contribution in [3.8, 4) is 5.88 Å². The lowest BCUT2D eigenvalue weighted by molar-refractivity contribution is -0.154. The van der Waals surface area contributed by atoms with Crippen molar-refractivity contribution in [2.24, 2.45) is 4.99 Å². The van der Waals surface area contributed by atoms with E-state index in [2.05, 4.69) is 30.7 Å². The molecule has 0 aliphatic heterocycles. The van der Waals surface area contributed by atoms with E-state index in [1.807, 2.05) is 27.7 Å². The maximum atomic E-state index is 12.2. The number of amides is 1. The molecule has 0 saturated carbocycles. The minimum absolute atomic E-state index is 0. The van der Waals surface area contributed by atoms with Gasteiger partial charge in [0.05, 0.1) is 13.1 Å². The van der Waals surface area contributed by atoms with E-state index < -0.39 is 12.8 Å². The van der Waals surface area contributed by atoms with Crippen molar-refractivity contribution in [3.05, 3.63) is 23.9 Å². The molecule has 1 rings (SSSR count). The third-order valence-corrected chi connectivity index (χ3v) is 2.88. The molecular formula is C17H27F3IN5O2. The van der Waals surface area contributed by atoms with Crippen molar-refractivity contribution in [2.75, 3.05) is 19.7 Å². The van der Waals surface area contributed by atoms with Gasteiger partial charge in [0.2, 0.25) is 11.8 Å². The van der Waals surface area contributed by atoms with Gasteiger partial charge in [-0.1, -0.05) is 0 Å². The van der Waals surface area contributed by atoms with E-state index in [0.717, 1.165) is 0 Å². The summed E-state index contributed by atoms with van der Waals surface area (Å²) in [5, 5.41) is 8.72. The van der Waals surface area contributed by atoms with Gasteiger partial charge in [0.1, 0.15) is 0 Å². The first kappa shape index (κ1) is 26.2. The maximum Gasteiger partial charge on any atom is 0.422 e. The summed E-state index contributed by atoms with van der Waals surface area (Å²) in [4.78, 5) is 19.9. The lowest BCUT2D eigenvalue weighted by atomic mass is 10.1. The molecule has 0 bridgehead atoms. The number of ether oxygens (including phenoxy) is 1. The molecule has 0 aliphatic rings. The van der Waals surface area contributed by atoms with E-state index in [-0.39, 0.29) is 54.4 Å². The molecule has 1 heterocycles. The van der Waals surface area contributed by atoms with Crippen LogP contribution in [0, 0.1) is 0 Å². The number of halogens is 4. The van der Waals surface area contributed by atoms with Crippen LogP contribution in [-0.2, 0) is 11.3 Å². The van der Waals surface area contributed by atoms with E-state index in [1.165, 1.54) is 12.3 Å². The fourth-order valence-electron chi connectivity index (χ4n) is 1.92. The molecule has 0 aliphatic carbocycles. The normalized spacial score (nSPS) is 12.0. The summed E-state index contributed by atoms with van der Waals surface area (Å²) in [5.41, 5.74) is 0.288. The van der Waals surface area contributed by atoms with Crippen LogP contribution in [0.1, 0.15) is 33.3 Å². The summed E-state index contributed by atoms with van der Waals surface area (Å²) in [5.74, 6) is 0.110. The van der Waals surface area contributed by atoms with Crippen molar-refractivity contribution in [3.63, 3.8) is 0 Å². The number of alkyl halides is 3. The van der Waals surface area contributed by atoms with Crippen LogP contribution in [0.15, 0.2) is 23.3 Å². The first-order valence-electron chi connectivity index (χ1n) is 8.46. The van der Waals surface area contributed by atoms with Gasteiger partial charge >= 0.3 is 6.18 Å². The zero-order chi connectivity index (χ0) is 20.5. The molecule has 1 amide bonds. The van der Waals surface area contributed by atoms with Gasteiger partial charge in [-0.05, 0) is 39.3 Å². The van der Waals surface area contributed by atoms with Gasteiger partial charge in [0.15, 0.2) is 12.6 Å². The average molecular weight is 517 g/mol. The quantitative estimate of drug-likeness (QED) is 0.294. The Morgan fingerprint density at radius 3 is 2.50 bits per heavy atom. The molecule has 0 atom stereocenters. The SMILES string of the molecule is CCNC(=NCc1ccnc(OCC(F)(F)F)c1)NCC(=O)NC(C)(C)C.I. The Balaban J connectivity index is 0.00000729. The number of hydrogen-bond acceptors (Lipinski definition) is 4. The molecule has 0 saturated heterocycles. The van der Waals surface area contributed by atoms with Crippen molar-refractivity contribution in [1.82, 2.24) is 20.9 Å². The smallest absolute Gasteiger partial charge is 0.422 e. The van der Waals surface area contributed by atoms with Gasteiger partial charge in [-0.2, -0.15) is 13.2 Å². The summed E-state index contributed by atoms with van der Waals surface area (Å²) in [6.45, 7) is 6.93. The third-order valence-electron chi connectivity index (χ3n) is 2.88. The number of carbonyl (C=O) groups is 1. The Kier molecular flexibility index (Phi) is 11.2. The number of aliphatic imine (C=N–C) groups is 1. The van der Waals surface area contributed by atoms with Crippen molar-refractivity contribution in [1.29, 1.82) is 0 Å². The predicted molar refractivity (Wildman–Crippen MR) is 112 cm³/mol. The lowest BCUT2D eigenvalue weighted by Crippen LogP contribution is -2.48. The highest BCUT2D eigenvalue weighted by atomic mass is 127. The fraction of sp³-hybridized carbons (Fsp3) is 0.588. The van der Waals surface area contributed by atoms with Crippen LogP contribution in [-0.4, -0.2) is 48.3 Å². The monoisotopic (exact) mass is 517 g/mol. The predicted octanol–water partition coefficient (Wildman–Crippen LogP) is 2.61. The minimum atomic E-state index is -4.42. The van der Waals surface area contributed by atoms with E-state index >= 15 is 0 Å². The number of carbonyl (C=O) groups excluding carboxylic acids is 1. The standard InChI is InChI=1S/C17H26F3N5O2.HI/c1-5-21-15(24-10-13(26)25-16(2,3)4)23-9-12-6-7-22-14(8-12)27-11-17(18,19)20;/h6-8H,5,9-11H2,1-4H3,(H,25,26)(H2,21,23,24);1H. The number of nitrogens with one attached hydrogen (secondary N) is 3. The number of aromatic nitrogens is 1. The van der Waals surface area contributed by atoms with Gasteiger partial charge in [-0.3, -0.25) is 4.79 Å². The van der Waals surface area contributed by atoms with Crippen LogP contribution >= 0.6 is 24.0 Å². The van der Waals surface area contributed by atoms with Crippen molar-refractivity contribution in [2.45, 2.75) is 46.0 Å². The summed E-state index contributed by atoms with van der Waals surface area (Å²) < 4.78 is 41.3. The van der Waals surface area contributed by atoms with E-state index in [4.69, 9.17) is 0 Å². The number of nitrogens with zero attached hydrogens (tertiary/aromatic N) is 2. The van der Waals surface area contributed by atoms with Crippen LogP contribution in [0.5, 0.6) is 5.88 Å². The first-order valence-corrected chi connectivity index (χ1v) is 8.46. The topological polar surface area (TPSA) is 87.6 Å². The van der Waals surface area contributed by atoms with Crippen LogP contribution in [0.3, 0.4) is 0 Å². The second-order valence-electron chi connectivity index (χ2n) is 6.75. The second kappa shape index (κ2) is 11.9. The molecule has 0 spiro atoms. The van der Waals surface area contributed by atoms with Gasteiger partial charge in [0.25, 0.3) is 0 Å². The first-order chi connectivity index (χ1) is 12.5. The summed E-state index contributed by atoms with van der Waals surface area (Å²) in [6.07, 6.45) is -3.07. The largest absolute Gasteiger partial charge is 0.468 e. The Hall–Kier alpha value is -1.79. The summed E-state index contributed by atoms with van der Waals surface area (Å²) in [7, 11) is 0. The Morgan fingerprint density at radius 2 is 1.93 bits per heavy atom. The summed E-state index contributed by atoms with van der Waals surface area (Å²) >= 11 is 0. The number of rotatable bonds is 7. The van der Waals surface area contributed by atoms with Crippen LogP contribution < -0.4 is 20.7 Å². The van der Waals surface area contributed by atoms with E-state index in [1.54, 1.807) is 6.07 Å². The molecule has 1 aromatic heterocycles. The third kappa shape index (κ3) is 12.6. The van der Waals surface area contributed by atoms with Crippen LogP contribution in [0.25, 0.3) is 0 Å². The highest BCUT2D eigenvalue weighted by Crippen LogP contribution is 2.17. The Labute approximate surface area is 179 Å². The van der Waals surface area contributed by atoms with Gasteiger partial charge in [-0.15, -0.1) is 24.0 Å². The second-order valence-corrected chi connectivity index (χ2v) is 6.75. The number of guanidine groups is 1. The molecule has 0 radical (unpaired) electrons. The summed E-state index contributed by atoms with van der Waals surface area (Å²) in [6, 6.07) is 3.02. The van der Waals surface area contributed by atoms with Crippen LogP contribution in [0.4, 0.5) is 13.2 Å². The molecule has 7 nitrogen and oxygen atoms in total. The Morgan fingerprint density at radius 1 is 1.25 bits per heavy atom. The molecule has 0 unspecified atom stereocenters. The Bertz CT molecular complexity index is 648. The molecule has 160 valence electrons. The highest BCUT2D eigenvalue weighted by molar-refractivity contribution is 14.0. The lowest BCUT2D eigenvalue weighted by Gasteiger charge is -2.21. The van der Waals surface area contributed by atoms with Gasteiger partial charge in [-0.25, -0.2) is 9.98 Å². The minimum Gasteiger partial charge on any atom is -0.468 e. The van der Waals surface area contributed by atoms with Gasteiger partial charge < -0.3 is 20.7 Å². The zero-order valence-electron chi connectivity index (χ0n) is 16.3. The van der Waals surface area contributed by atoms with Crippen LogP contribution in [0.2, 0.25) is 0 Å². The highest BCUT2D eigenvalue weighted by Gasteiger charge is 2.28. The zero-order valence-corrected chi connectivity index (χ0v) is 18.6. The number of hydrogen-bond donors (Lipinski definition) is 3. The molecule has 28 heavy (non-hydrogen) atoms. The van der Waals surface area contributed by atoms with Crippen molar-refractivity contribution >= 4 is 35.8 Å². The number of pyridine rings is 1.